The second-order valence-electron chi connectivity index (χ2n) is 3.14. The van der Waals surface area contributed by atoms with Gasteiger partial charge in [-0.25, -0.2) is 9.97 Å². The molecule has 2 N–H and O–H groups in total. The lowest BCUT2D eigenvalue weighted by atomic mass is 10.3. The van der Waals surface area contributed by atoms with Crippen molar-refractivity contribution in [3.63, 3.8) is 0 Å². The number of nitriles is 1. The van der Waals surface area contributed by atoms with Crippen LogP contribution >= 0.6 is 0 Å². The monoisotopic (exact) mass is 231 g/mol. The first-order chi connectivity index (χ1) is 8.27. The van der Waals surface area contributed by atoms with E-state index in [2.05, 4.69) is 20.6 Å². The molecule has 0 bridgehead atoms. The van der Waals surface area contributed by atoms with Crippen molar-refractivity contribution in [1.82, 2.24) is 15.3 Å². The molecule has 1 heterocycles. The van der Waals surface area contributed by atoms with Gasteiger partial charge in [-0.05, 0) is 12.5 Å². The maximum absolute atomic E-state index is 11.5. The third-order valence-electron chi connectivity index (χ3n) is 1.81. The predicted molar refractivity (Wildman–Crippen MR) is 62.7 cm³/mol. The molecule has 0 saturated carbocycles. The van der Waals surface area contributed by atoms with Crippen molar-refractivity contribution in [2.45, 2.75) is 13.3 Å². The van der Waals surface area contributed by atoms with Gasteiger partial charge in [-0.15, -0.1) is 0 Å². The molecule has 0 unspecified atom stereocenters. The van der Waals surface area contributed by atoms with E-state index in [0.717, 1.165) is 6.42 Å². The quantitative estimate of drug-likeness (QED) is 0.578. The molecular weight excluding hydrogens is 218 g/mol. The number of aromatic nitrogens is 2. The standard InChI is InChI=1S/C11H13N5O/c1-2-4-13-10(17)9(7-12)8-16-11-14-5-3-6-15-11/h3,5-6,8H,2,4H2,1H3,(H,13,17)(H,14,15,16)/b9-8-. The molecule has 0 aliphatic heterocycles. The Hall–Kier alpha value is -2.42. The summed E-state index contributed by atoms with van der Waals surface area (Å²) >= 11 is 0. The number of hydrogen-bond donors (Lipinski definition) is 2. The zero-order valence-electron chi connectivity index (χ0n) is 9.47. The van der Waals surface area contributed by atoms with Gasteiger partial charge in [0.1, 0.15) is 11.6 Å². The molecule has 1 amide bonds. The summed E-state index contributed by atoms with van der Waals surface area (Å²) in [5.41, 5.74) is -0.00842. The summed E-state index contributed by atoms with van der Waals surface area (Å²) in [6, 6.07) is 3.49. The highest BCUT2D eigenvalue weighted by atomic mass is 16.1. The second kappa shape index (κ2) is 6.95. The van der Waals surface area contributed by atoms with Gasteiger partial charge in [0.15, 0.2) is 0 Å². The fourth-order valence-corrected chi connectivity index (χ4v) is 0.993. The number of nitrogens with one attached hydrogen (secondary N) is 2. The van der Waals surface area contributed by atoms with Gasteiger partial charge in [-0.1, -0.05) is 6.92 Å². The van der Waals surface area contributed by atoms with E-state index in [1.807, 2.05) is 13.0 Å². The van der Waals surface area contributed by atoms with E-state index >= 15 is 0 Å². The molecule has 1 rings (SSSR count). The van der Waals surface area contributed by atoms with E-state index in [9.17, 15) is 4.79 Å². The maximum Gasteiger partial charge on any atom is 0.263 e. The summed E-state index contributed by atoms with van der Waals surface area (Å²) in [6.45, 7) is 2.48. The van der Waals surface area contributed by atoms with Crippen LogP contribution in [0, 0.1) is 11.3 Å². The van der Waals surface area contributed by atoms with Crippen LogP contribution in [0.25, 0.3) is 0 Å². The molecule has 17 heavy (non-hydrogen) atoms. The van der Waals surface area contributed by atoms with Gasteiger partial charge in [0.2, 0.25) is 5.95 Å². The number of anilines is 1. The summed E-state index contributed by atoms with van der Waals surface area (Å²) in [4.78, 5) is 19.3. The normalized spacial score (nSPS) is 10.5. The molecule has 6 nitrogen and oxygen atoms in total. The first-order valence-corrected chi connectivity index (χ1v) is 5.20. The first-order valence-electron chi connectivity index (χ1n) is 5.20. The van der Waals surface area contributed by atoms with Crippen molar-refractivity contribution in [2.75, 3.05) is 11.9 Å². The van der Waals surface area contributed by atoms with Crippen molar-refractivity contribution in [2.24, 2.45) is 0 Å². The fourth-order valence-electron chi connectivity index (χ4n) is 0.993. The van der Waals surface area contributed by atoms with Crippen LogP contribution in [0.3, 0.4) is 0 Å². The third-order valence-corrected chi connectivity index (χ3v) is 1.81. The summed E-state index contributed by atoms with van der Waals surface area (Å²) in [7, 11) is 0. The Labute approximate surface area is 99.4 Å². The van der Waals surface area contributed by atoms with Crippen molar-refractivity contribution in [3.05, 3.63) is 30.2 Å². The topological polar surface area (TPSA) is 90.7 Å². The molecular formula is C11H13N5O. The maximum atomic E-state index is 11.5. The Morgan fingerprint density at radius 3 is 2.82 bits per heavy atom. The molecule has 1 aromatic heterocycles. The van der Waals surface area contributed by atoms with E-state index in [0.29, 0.717) is 12.5 Å². The van der Waals surface area contributed by atoms with Crippen LogP contribution in [0.2, 0.25) is 0 Å². The van der Waals surface area contributed by atoms with Gasteiger partial charge < -0.3 is 10.6 Å². The zero-order chi connectivity index (χ0) is 12.5. The van der Waals surface area contributed by atoms with E-state index in [1.54, 1.807) is 18.5 Å². The molecule has 0 saturated heterocycles. The molecule has 0 fully saturated rings. The van der Waals surface area contributed by atoms with Crippen molar-refractivity contribution in [3.8, 4) is 6.07 Å². The summed E-state index contributed by atoms with van der Waals surface area (Å²) < 4.78 is 0. The van der Waals surface area contributed by atoms with Gasteiger partial charge in [0.05, 0.1) is 0 Å². The van der Waals surface area contributed by atoms with Crippen LogP contribution in [0.1, 0.15) is 13.3 Å². The molecule has 0 radical (unpaired) electrons. The van der Waals surface area contributed by atoms with E-state index in [1.165, 1.54) is 6.20 Å². The zero-order valence-corrected chi connectivity index (χ0v) is 9.47. The first kappa shape index (κ1) is 12.6. The Morgan fingerprint density at radius 1 is 1.53 bits per heavy atom. The van der Waals surface area contributed by atoms with Crippen LogP contribution < -0.4 is 10.6 Å². The van der Waals surface area contributed by atoms with Crippen LogP contribution in [0.15, 0.2) is 30.2 Å². The minimum Gasteiger partial charge on any atom is -0.351 e. The number of rotatable bonds is 5. The minimum atomic E-state index is -0.405. The third kappa shape index (κ3) is 4.30. The summed E-state index contributed by atoms with van der Waals surface area (Å²) in [5, 5.41) is 14.1. The molecule has 6 heteroatoms. The van der Waals surface area contributed by atoms with Crippen LogP contribution in [-0.4, -0.2) is 22.4 Å². The Balaban J connectivity index is 2.62. The number of carbonyl (C=O) groups excluding carboxylic acids is 1. The van der Waals surface area contributed by atoms with E-state index in [-0.39, 0.29) is 5.57 Å². The minimum absolute atomic E-state index is 0.00842. The molecule has 1 aromatic rings. The number of amides is 1. The van der Waals surface area contributed by atoms with Crippen LogP contribution in [0.5, 0.6) is 0 Å². The van der Waals surface area contributed by atoms with E-state index in [4.69, 9.17) is 5.26 Å². The highest BCUT2D eigenvalue weighted by Gasteiger charge is 2.07. The molecule has 0 atom stereocenters. The van der Waals surface area contributed by atoms with Gasteiger partial charge in [-0.2, -0.15) is 5.26 Å². The molecule has 88 valence electrons. The smallest absolute Gasteiger partial charge is 0.263 e. The largest absolute Gasteiger partial charge is 0.351 e. The number of carbonyl (C=O) groups is 1. The molecule has 0 aliphatic rings. The SMILES string of the molecule is CCCNC(=O)/C(C#N)=C\Nc1ncccn1. The summed E-state index contributed by atoms with van der Waals surface area (Å²) in [6.07, 6.45) is 5.23. The summed E-state index contributed by atoms with van der Waals surface area (Å²) in [5.74, 6) is -0.0682. The van der Waals surface area contributed by atoms with Crippen molar-refractivity contribution >= 4 is 11.9 Å². The van der Waals surface area contributed by atoms with Gasteiger partial charge in [-0.3, -0.25) is 4.79 Å². The fraction of sp³-hybridized carbons (Fsp3) is 0.273. The van der Waals surface area contributed by atoms with Gasteiger partial charge >= 0.3 is 0 Å². The van der Waals surface area contributed by atoms with Gasteiger partial charge in [0.25, 0.3) is 5.91 Å². The van der Waals surface area contributed by atoms with Crippen LogP contribution in [-0.2, 0) is 4.79 Å². The van der Waals surface area contributed by atoms with E-state index < -0.39 is 5.91 Å². The number of hydrogen-bond acceptors (Lipinski definition) is 5. The highest BCUT2D eigenvalue weighted by molar-refractivity contribution is 5.97. The number of nitrogens with zero attached hydrogens (tertiary/aromatic N) is 3. The Bertz CT molecular complexity index is 435. The lowest BCUT2D eigenvalue weighted by Crippen LogP contribution is -2.25. The molecule has 0 aromatic carbocycles. The predicted octanol–water partition coefficient (Wildman–Crippen LogP) is 0.822. The van der Waals surface area contributed by atoms with Crippen molar-refractivity contribution in [1.29, 1.82) is 5.26 Å². The van der Waals surface area contributed by atoms with Crippen molar-refractivity contribution < 1.29 is 4.79 Å². The second-order valence-corrected chi connectivity index (χ2v) is 3.14. The molecule has 0 spiro atoms. The lowest BCUT2D eigenvalue weighted by Gasteiger charge is -2.02. The lowest BCUT2D eigenvalue weighted by molar-refractivity contribution is -0.117. The van der Waals surface area contributed by atoms with Gasteiger partial charge in [0, 0.05) is 25.1 Å². The average Bonchev–Trinajstić information content (AvgIpc) is 2.38. The molecule has 0 aliphatic carbocycles. The Kier molecular flexibility index (Phi) is 5.17. The average molecular weight is 231 g/mol. The Morgan fingerprint density at radius 2 is 2.24 bits per heavy atom. The van der Waals surface area contributed by atoms with Crippen LogP contribution in [0.4, 0.5) is 5.95 Å². The highest BCUT2D eigenvalue weighted by Crippen LogP contribution is 1.97.